The van der Waals surface area contributed by atoms with Gasteiger partial charge < -0.3 is 0 Å². The van der Waals surface area contributed by atoms with E-state index in [1.165, 1.54) is 16.7 Å². The summed E-state index contributed by atoms with van der Waals surface area (Å²) in [5.41, 5.74) is 5.71. The largest absolute Gasteiger partial charge is 0.264 e. The van der Waals surface area contributed by atoms with Gasteiger partial charge in [0.15, 0.2) is 5.82 Å². The summed E-state index contributed by atoms with van der Waals surface area (Å²) in [7, 11) is 0. The number of H-pyrrole nitrogens is 1. The van der Waals surface area contributed by atoms with Gasteiger partial charge in [0.2, 0.25) is 0 Å². The van der Waals surface area contributed by atoms with Crippen LogP contribution in [0.4, 0.5) is 0 Å². The highest BCUT2D eigenvalue weighted by Crippen LogP contribution is 2.37. The molecule has 4 rings (SSSR count). The van der Waals surface area contributed by atoms with E-state index in [4.69, 9.17) is 5.10 Å². The normalized spacial score (nSPS) is 13.0. The Balaban J connectivity index is 1.95. The summed E-state index contributed by atoms with van der Waals surface area (Å²) in [5.74, 6) is 0.690. The highest BCUT2D eigenvalue weighted by atomic mass is 15.5. The lowest BCUT2D eigenvalue weighted by Gasteiger charge is -2.14. The van der Waals surface area contributed by atoms with Crippen molar-refractivity contribution in [2.24, 2.45) is 0 Å². The minimum absolute atomic E-state index is 0.690. The molecule has 106 valence electrons. The van der Waals surface area contributed by atoms with Crippen LogP contribution in [0.15, 0.2) is 18.5 Å². The van der Waals surface area contributed by atoms with Gasteiger partial charge >= 0.3 is 0 Å². The number of aromatic amines is 1. The van der Waals surface area contributed by atoms with Crippen molar-refractivity contribution in [2.45, 2.75) is 32.7 Å². The molecule has 0 radical (unpaired) electrons. The first-order valence-corrected chi connectivity index (χ1v) is 7.15. The molecule has 0 bridgehead atoms. The van der Waals surface area contributed by atoms with Crippen molar-refractivity contribution in [3.63, 3.8) is 0 Å². The summed E-state index contributed by atoms with van der Waals surface area (Å²) in [6.45, 7) is 2.99. The number of pyridine rings is 1. The van der Waals surface area contributed by atoms with E-state index in [1.807, 2.05) is 23.1 Å². The molecule has 1 N–H and O–H groups in total. The number of hydrogen-bond donors (Lipinski definition) is 1. The Morgan fingerprint density at radius 2 is 2.29 bits per heavy atom. The quantitative estimate of drug-likeness (QED) is 0.788. The van der Waals surface area contributed by atoms with E-state index in [-0.39, 0.29) is 0 Å². The van der Waals surface area contributed by atoms with E-state index in [9.17, 15) is 0 Å². The van der Waals surface area contributed by atoms with Gasteiger partial charge in [0.25, 0.3) is 0 Å². The summed E-state index contributed by atoms with van der Waals surface area (Å²) >= 11 is 0. The first-order valence-electron chi connectivity index (χ1n) is 7.15. The molecule has 0 aromatic carbocycles. The predicted octanol–water partition coefficient (Wildman–Crippen LogP) is 1.63. The van der Waals surface area contributed by atoms with Gasteiger partial charge in [-0.2, -0.15) is 5.10 Å². The minimum atomic E-state index is 0.690. The number of nitrogens with one attached hydrogen (secondary N) is 1. The average Bonchev–Trinajstić information content (AvgIpc) is 3.14. The molecule has 0 atom stereocenters. The number of tetrazole rings is 1. The van der Waals surface area contributed by atoms with Crippen LogP contribution < -0.4 is 0 Å². The topological polar surface area (TPSA) is 85.2 Å². The molecule has 3 aromatic rings. The van der Waals surface area contributed by atoms with Gasteiger partial charge in [0.1, 0.15) is 5.69 Å². The van der Waals surface area contributed by atoms with Gasteiger partial charge in [-0.1, -0.05) is 6.92 Å². The Hall–Kier alpha value is -2.57. The molecule has 1 aliphatic carbocycles. The number of aryl methyl sites for hydroxylation is 2. The molecule has 0 saturated heterocycles. The van der Waals surface area contributed by atoms with Crippen molar-refractivity contribution < 1.29 is 0 Å². The molecule has 0 spiro atoms. The van der Waals surface area contributed by atoms with Crippen molar-refractivity contribution in [1.82, 2.24) is 35.4 Å². The van der Waals surface area contributed by atoms with E-state index < -0.39 is 0 Å². The average molecular weight is 281 g/mol. The van der Waals surface area contributed by atoms with Crippen molar-refractivity contribution in [1.29, 1.82) is 0 Å². The lowest BCUT2D eigenvalue weighted by molar-refractivity contribution is 0.608. The van der Waals surface area contributed by atoms with Crippen LogP contribution in [0.5, 0.6) is 0 Å². The molecule has 0 amide bonds. The monoisotopic (exact) mass is 281 g/mol. The molecule has 7 nitrogen and oxygen atoms in total. The van der Waals surface area contributed by atoms with E-state index in [0.29, 0.717) is 5.82 Å². The van der Waals surface area contributed by atoms with Crippen LogP contribution in [0.3, 0.4) is 0 Å². The third-order valence-electron chi connectivity index (χ3n) is 3.86. The molecule has 0 fully saturated rings. The van der Waals surface area contributed by atoms with Crippen molar-refractivity contribution >= 4 is 0 Å². The molecule has 0 aliphatic heterocycles. The summed E-state index contributed by atoms with van der Waals surface area (Å²) in [5, 5.41) is 19.2. The fourth-order valence-corrected chi connectivity index (χ4v) is 2.97. The second-order valence-corrected chi connectivity index (χ2v) is 5.18. The summed E-state index contributed by atoms with van der Waals surface area (Å²) < 4.78 is 2.02. The highest BCUT2D eigenvalue weighted by molar-refractivity contribution is 5.75. The van der Waals surface area contributed by atoms with Gasteiger partial charge in [-0.3, -0.25) is 9.67 Å². The first-order chi connectivity index (χ1) is 10.4. The predicted molar refractivity (Wildman–Crippen MR) is 76.3 cm³/mol. The van der Waals surface area contributed by atoms with Crippen LogP contribution in [0, 0.1) is 0 Å². The molecule has 0 saturated carbocycles. The molecular formula is C14H15N7. The van der Waals surface area contributed by atoms with E-state index in [0.717, 1.165) is 37.2 Å². The molecule has 1 aliphatic rings. The minimum Gasteiger partial charge on any atom is -0.264 e. The Labute approximate surface area is 121 Å². The van der Waals surface area contributed by atoms with Crippen LogP contribution in [0.2, 0.25) is 0 Å². The third kappa shape index (κ3) is 1.84. The molecule has 21 heavy (non-hydrogen) atoms. The maximum Gasteiger partial charge on any atom is 0.198 e. The third-order valence-corrected chi connectivity index (χ3v) is 3.86. The number of fused-ring (bicyclic) bond motifs is 3. The smallest absolute Gasteiger partial charge is 0.198 e. The number of rotatable bonds is 3. The van der Waals surface area contributed by atoms with Gasteiger partial charge in [-0.05, 0) is 41.3 Å². The van der Waals surface area contributed by atoms with Gasteiger partial charge in [-0.15, -0.1) is 5.10 Å². The van der Waals surface area contributed by atoms with Crippen molar-refractivity contribution in [2.75, 3.05) is 0 Å². The molecule has 7 heteroatoms. The summed E-state index contributed by atoms with van der Waals surface area (Å²) in [6, 6.07) is 2.04. The molecule has 0 unspecified atom stereocenters. The lowest BCUT2D eigenvalue weighted by Crippen LogP contribution is -2.05. The summed E-state index contributed by atoms with van der Waals surface area (Å²) in [4.78, 5) is 4.21. The first kappa shape index (κ1) is 12.2. The van der Waals surface area contributed by atoms with Crippen molar-refractivity contribution in [3.05, 3.63) is 29.6 Å². The van der Waals surface area contributed by atoms with E-state index in [1.54, 1.807) is 0 Å². The molecule has 3 aromatic heterocycles. The second kappa shape index (κ2) is 4.76. The van der Waals surface area contributed by atoms with E-state index in [2.05, 4.69) is 32.5 Å². The fraction of sp³-hybridized carbons (Fsp3) is 0.357. The zero-order valence-electron chi connectivity index (χ0n) is 11.7. The Kier molecular flexibility index (Phi) is 2.77. The van der Waals surface area contributed by atoms with Crippen LogP contribution in [0.1, 0.15) is 24.5 Å². The van der Waals surface area contributed by atoms with Crippen LogP contribution in [-0.4, -0.2) is 35.4 Å². The fourth-order valence-electron chi connectivity index (χ4n) is 2.97. The van der Waals surface area contributed by atoms with Gasteiger partial charge in [0.05, 0.1) is 5.69 Å². The van der Waals surface area contributed by atoms with Crippen LogP contribution >= 0.6 is 0 Å². The standard InChI is InChI=1S/C14H15N7/c1-2-7-21-13(14-16-19-20-17-14)11-4-3-9-8-15-6-5-10(9)12(11)18-21/h5-6,8H,2-4,7H2,1H3,(H,16,17,19,20). The Morgan fingerprint density at radius 1 is 1.33 bits per heavy atom. The lowest BCUT2D eigenvalue weighted by atomic mass is 9.90. The van der Waals surface area contributed by atoms with Gasteiger partial charge in [0, 0.05) is 30.1 Å². The number of aromatic nitrogens is 7. The van der Waals surface area contributed by atoms with Gasteiger partial charge in [-0.25, -0.2) is 5.10 Å². The summed E-state index contributed by atoms with van der Waals surface area (Å²) in [6.07, 6.45) is 6.68. The Bertz CT molecular complexity index is 773. The maximum atomic E-state index is 4.81. The van der Waals surface area contributed by atoms with Crippen LogP contribution in [0.25, 0.3) is 22.8 Å². The van der Waals surface area contributed by atoms with Crippen LogP contribution in [-0.2, 0) is 19.4 Å². The number of hydrogen-bond acceptors (Lipinski definition) is 5. The second-order valence-electron chi connectivity index (χ2n) is 5.18. The Morgan fingerprint density at radius 3 is 3.10 bits per heavy atom. The maximum absolute atomic E-state index is 4.81. The molecule has 3 heterocycles. The molecular weight excluding hydrogens is 266 g/mol. The number of nitrogens with zero attached hydrogens (tertiary/aromatic N) is 6. The zero-order chi connectivity index (χ0) is 14.2. The van der Waals surface area contributed by atoms with E-state index >= 15 is 0 Å². The highest BCUT2D eigenvalue weighted by Gasteiger charge is 2.26. The van der Waals surface area contributed by atoms with Crippen molar-refractivity contribution in [3.8, 4) is 22.8 Å². The SMILES string of the molecule is CCCn1nc2c(c1-c1nnn[nH]1)CCc1cnccc1-2. The zero-order valence-corrected chi connectivity index (χ0v) is 11.7.